The van der Waals surface area contributed by atoms with Crippen molar-refractivity contribution in [2.75, 3.05) is 0 Å². The van der Waals surface area contributed by atoms with Crippen molar-refractivity contribution in [3.8, 4) is 11.3 Å². The van der Waals surface area contributed by atoms with Crippen molar-refractivity contribution in [2.45, 2.75) is 0 Å². The van der Waals surface area contributed by atoms with E-state index in [2.05, 4.69) is 11.1 Å². The quantitative estimate of drug-likeness (QED) is 0.706. The van der Waals surface area contributed by atoms with Crippen molar-refractivity contribution in [3.63, 3.8) is 0 Å². The minimum absolute atomic E-state index is 0.409. The van der Waals surface area contributed by atoms with Gasteiger partial charge in [-0.25, -0.2) is 0 Å². The number of aromatic nitrogens is 1. The van der Waals surface area contributed by atoms with Crippen LogP contribution in [0.4, 0.5) is 0 Å². The Morgan fingerprint density at radius 1 is 1.00 bits per heavy atom. The molecule has 18 heavy (non-hydrogen) atoms. The average molecular weight is 236 g/mol. The SMILES string of the molecule is NC(=O)c1ccc2cc(-c3ccccc3)[nH]c2c1. The van der Waals surface area contributed by atoms with Crippen LogP contribution in [0.3, 0.4) is 0 Å². The van der Waals surface area contributed by atoms with E-state index in [1.807, 2.05) is 36.4 Å². The Morgan fingerprint density at radius 3 is 2.50 bits per heavy atom. The zero-order valence-electron chi connectivity index (χ0n) is 9.68. The van der Waals surface area contributed by atoms with E-state index in [0.717, 1.165) is 22.2 Å². The van der Waals surface area contributed by atoms with Crippen molar-refractivity contribution >= 4 is 16.8 Å². The molecule has 0 unspecified atom stereocenters. The van der Waals surface area contributed by atoms with Gasteiger partial charge in [-0.1, -0.05) is 36.4 Å². The van der Waals surface area contributed by atoms with E-state index < -0.39 is 5.91 Å². The Labute approximate surface area is 104 Å². The van der Waals surface area contributed by atoms with Gasteiger partial charge in [0.25, 0.3) is 0 Å². The van der Waals surface area contributed by atoms with Gasteiger partial charge in [0.15, 0.2) is 0 Å². The number of benzene rings is 2. The first-order valence-electron chi connectivity index (χ1n) is 5.72. The Hall–Kier alpha value is -2.55. The highest BCUT2D eigenvalue weighted by molar-refractivity contribution is 5.97. The summed E-state index contributed by atoms with van der Waals surface area (Å²) < 4.78 is 0. The van der Waals surface area contributed by atoms with Crippen LogP contribution < -0.4 is 5.73 Å². The van der Waals surface area contributed by atoms with Crippen molar-refractivity contribution in [1.82, 2.24) is 4.98 Å². The smallest absolute Gasteiger partial charge is 0.248 e. The summed E-state index contributed by atoms with van der Waals surface area (Å²) in [5.41, 5.74) is 8.86. The lowest BCUT2D eigenvalue weighted by molar-refractivity contribution is 0.100. The fourth-order valence-corrected chi connectivity index (χ4v) is 2.05. The van der Waals surface area contributed by atoms with E-state index in [1.54, 1.807) is 12.1 Å². The van der Waals surface area contributed by atoms with Gasteiger partial charge in [-0.05, 0) is 23.8 Å². The molecule has 0 radical (unpaired) electrons. The van der Waals surface area contributed by atoms with Crippen LogP contribution >= 0.6 is 0 Å². The molecule has 1 amide bonds. The third kappa shape index (κ3) is 1.76. The molecule has 3 aromatic rings. The molecule has 0 spiro atoms. The van der Waals surface area contributed by atoms with Crippen LogP contribution in [0.5, 0.6) is 0 Å². The molecule has 88 valence electrons. The first-order chi connectivity index (χ1) is 8.74. The Morgan fingerprint density at radius 2 is 1.78 bits per heavy atom. The lowest BCUT2D eigenvalue weighted by Gasteiger charge is -1.96. The topological polar surface area (TPSA) is 58.9 Å². The molecule has 0 aliphatic rings. The van der Waals surface area contributed by atoms with Gasteiger partial charge in [0.05, 0.1) is 0 Å². The highest BCUT2D eigenvalue weighted by atomic mass is 16.1. The van der Waals surface area contributed by atoms with Crippen molar-refractivity contribution < 1.29 is 4.79 Å². The number of hydrogen-bond donors (Lipinski definition) is 2. The molecule has 3 rings (SSSR count). The maximum Gasteiger partial charge on any atom is 0.248 e. The molecule has 3 heteroatoms. The van der Waals surface area contributed by atoms with Gasteiger partial charge in [-0.3, -0.25) is 4.79 Å². The second-order valence-electron chi connectivity index (χ2n) is 4.22. The van der Waals surface area contributed by atoms with Crippen molar-refractivity contribution in [2.24, 2.45) is 5.73 Å². The number of carbonyl (C=O) groups excluding carboxylic acids is 1. The number of fused-ring (bicyclic) bond motifs is 1. The van der Waals surface area contributed by atoms with Gasteiger partial charge in [0, 0.05) is 22.2 Å². The van der Waals surface area contributed by atoms with Crippen LogP contribution in [0.25, 0.3) is 22.2 Å². The van der Waals surface area contributed by atoms with Gasteiger partial charge in [0.1, 0.15) is 0 Å². The molecule has 3 N–H and O–H groups in total. The molecule has 0 saturated carbocycles. The maximum absolute atomic E-state index is 11.1. The molecular weight excluding hydrogens is 224 g/mol. The summed E-state index contributed by atoms with van der Waals surface area (Å²) in [5, 5.41) is 1.07. The Bertz CT molecular complexity index is 714. The van der Waals surface area contributed by atoms with Gasteiger partial charge in [-0.15, -0.1) is 0 Å². The fourth-order valence-electron chi connectivity index (χ4n) is 2.05. The van der Waals surface area contributed by atoms with E-state index in [9.17, 15) is 4.79 Å². The van der Waals surface area contributed by atoms with Crippen molar-refractivity contribution in [1.29, 1.82) is 0 Å². The minimum atomic E-state index is -0.409. The van der Waals surface area contributed by atoms with Gasteiger partial charge >= 0.3 is 0 Å². The number of nitrogens with two attached hydrogens (primary N) is 1. The van der Waals surface area contributed by atoms with Crippen LogP contribution in [0.15, 0.2) is 54.6 Å². The summed E-state index contributed by atoms with van der Waals surface area (Å²) in [6.07, 6.45) is 0. The Kier molecular flexibility index (Phi) is 2.38. The van der Waals surface area contributed by atoms with E-state index in [1.165, 1.54) is 0 Å². The van der Waals surface area contributed by atoms with Crippen molar-refractivity contribution in [3.05, 3.63) is 60.2 Å². The van der Waals surface area contributed by atoms with Crippen LogP contribution in [0.1, 0.15) is 10.4 Å². The number of carbonyl (C=O) groups is 1. The van der Waals surface area contributed by atoms with Crippen LogP contribution in [0.2, 0.25) is 0 Å². The number of primary amides is 1. The van der Waals surface area contributed by atoms with E-state index in [-0.39, 0.29) is 0 Å². The molecule has 0 fully saturated rings. The molecule has 3 nitrogen and oxygen atoms in total. The number of hydrogen-bond acceptors (Lipinski definition) is 1. The van der Waals surface area contributed by atoms with Gasteiger partial charge in [0.2, 0.25) is 5.91 Å². The zero-order chi connectivity index (χ0) is 12.5. The summed E-state index contributed by atoms with van der Waals surface area (Å²) in [7, 11) is 0. The molecule has 2 aromatic carbocycles. The lowest BCUT2D eigenvalue weighted by atomic mass is 10.1. The second kappa shape index (κ2) is 4.04. The predicted molar refractivity (Wildman–Crippen MR) is 72.3 cm³/mol. The molecule has 0 aliphatic carbocycles. The molecule has 0 aliphatic heterocycles. The first kappa shape index (κ1) is 10.6. The number of rotatable bonds is 2. The maximum atomic E-state index is 11.1. The first-order valence-corrected chi connectivity index (χ1v) is 5.72. The highest BCUT2D eigenvalue weighted by Crippen LogP contribution is 2.24. The third-order valence-corrected chi connectivity index (χ3v) is 2.99. The molecule has 0 atom stereocenters. The largest absolute Gasteiger partial charge is 0.366 e. The van der Waals surface area contributed by atoms with E-state index in [0.29, 0.717) is 5.56 Å². The zero-order valence-corrected chi connectivity index (χ0v) is 9.68. The molecule has 1 heterocycles. The highest BCUT2D eigenvalue weighted by Gasteiger charge is 2.05. The molecule has 1 aromatic heterocycles. The molecule has 0 saturated heterocycles. The summed E-state index contributed by atoms with van der Waals surface area (Å²) in [6, 6.07) is 17.5. The lowest BCUT2D eigenvalue weighted by Crippen LogP contribution is -2.10. The van der Waals surface area contributed by atoms with Gasteiger partial charge < -0.3 is 10.7 Å². The summed E-state index contributed by atoms with van der Waals surface area (Å²) in [4.78, 5) is 14.4. The second-order valence-corrected chi connectivity index (χ2v) is 4.22. The molecular formula is C15H12N2O. The number of aromatic amines is 1. The average Bonchev–Trinajstić information content (AvgIpc) is 2.82. The minimum Gasteiger partial charge on any atom is -0.366 e. The third-order valence-electron chi connectivity index (χ3n) is 2.99. The predicted octanol–water partition coefficient (Wildman–Crippen LogP) is 2.93. The number of nitrogens with one attached hydrogen (secondary N) is 1. The molecule has 0 bridgehead atoms. The number of H-pyrrole nitrogens is 1. The Balaban J connectivity index is 2.14. The van der Waals surface area contributed by atoms with Gasteiger partial charge in [-0.2, -0.15) is 0 Å². The summed E-state index contributed by atoms with van der Waals surface area (Å²) >= 11 is 0. The standard InChI is InChI=1S/C15H12N2O/c16-15(18)12-7-6-11-8-13(17-14(11)9-12)10-4-2-1-3-5-10/h1-9,17H,(H2,16,18). The monoisotopic (exact) mass is 236 g/mol. The summed E-state index contributed by atoms with van der Waals surface area (Å²) in [5.74, 6) is -0.409. The fraction of sp³-hybridized carbons (Fsp3) is 0. The van der Waals surface area contributed by atoms with E-state index >= 15 is 0 Å². The van der Waals surface area contributed by atoms with Crippen LogP contribution in [-0.4, -0.2) is 10.9 Å². The van der Waals surface area contributed by atoms with Crippen LogP contribution in [0, 0.1) is 0 Å². The number of amides is 1. The summed E-state index contributed by atoms with van der Waals surface area (Å²) in [6.45, 7) is 0. The van der Waals surface area contributed by atoms with E-state index in [4.69, 9.17) is 5.73 Å². The van der Waals surface area contributed by atoms with Crippen LogP contribution in [-0.2, 0) is 0 Å². The normalized spacial score (nSPS) is 10.7.